The molecule has 1 rings (SSSR count). The third-order valence-electron chi connectivity index (χ3n) is 2.83. The summed E-state index contributed by atoms with van der Waals surface area (Å²) in [6, 6.07) is 0. The zero-order chi connectivity index (χ0) is 13.5. The SMILES string of the molecule is COCCNCCN(C)Cc1c(Cl)c(C)nn1C. The number of halogens is 1. The van der Waals surface area contributed by atoms with Gasteiger partial charge in [0.05, 0.1) is 23.0 Å². The van der Waals surface area contributed by atoms with Crippen molar-refractivity contribution in [2.24, 2.45) is 7.05 Å². The normalized spacial score (nSPS) is 11.4. The average Bonchev–Trinajstić information content (AvgIpc) is 2.56. The summed E-state index contributed by atoms with van der Waals surface area (Å²) in [7, 11) is 5.72. The van der Waals surface area contributed by atoms with Gasteiger partial charge in [0.1, 0.15) is 0 Å². The third-order valence-corrected chi connectivity index (χ3v) is 3.33. The van der Waals surface area contributed by atoms with E-state index >= 15 is 0 Å². The second-order valence-electron chi connectivity index (χ2n) is 4.45. The van der Waals surface area contributed by atoms with E-state index in [1.54, 1.807) is 7.11 Å². The molecule has 6 heteroatoms. The van der Waals surface area contributed by atoms with Gasteiger partial charge in [0.2, 0.25) is 0 Å². The van der Waals surface area contributed by atoms with E-state index in [9.17, 15) is 0 Å². The molecule has 0 atom stereocenters. The van der Waals surface area contributed by atoms with Crippen molar-refractivity contribution in [1.29, 1.82) is 0 Å². The van der Waals surface area contributed by atoms with Crippen LogP contribution in [0.4, 0.5) is 0 Å². The molecule has 0 aliphatic carbocycles. The summed E-state index contributed by atoms with van der Waals surface area (Å²) in [6.45, 7) is 6.27. The van der Waals surface area contributed by atoms with E-state index in [0.29, 0.717) is 0 Å². The van der Waals surface area contributed by atoms with Gasteiger partial charge in [0.15, 0.2) is 0 Å². The number of aromatic nitrogens is 2. The average molecular weight is 275 g/mol. The number of hydrogen-bond acceptors (Lipinski definition) is 4. The van der Waals surface area contributed by atoms with Crippen LogP contribution < -0.4 is 5.32 Å². The summed E-state index contributed by atoms with van der Waals surface area (Å²) in [5.74, 6) is 0. The molecule has 1 N–H and O–H groups in total. The molecule has 0 aliphatic heterocycles. The standard InChI is InChI=1S/C12H23ClN4O/c1-10-12(13)11(17(3)15-10)9-16(2)7-5-14-6-8-18-4/h14H,5-9H2,1-4H3. The second kappa shape index (κ2) is 7.74. The first-order valence-electron chi connectivity index (χ1n) is 6.12. The van der Waals surface area contributed by atoms with Crippen LogP contribution in [0.15, 0.2) is 0 Å². The van der Waals surface area contributed by atoms with Crippen molar-refractivity contribution in [1.82, 2.24) is 20.0 Å². The van der Waals surface area contributed by atoms with Crippen LogP contribution in [0.25, 0.3) is 0 Å². The van der Waals surface area contributed by atoms with E-state index in [-0.39, 0.29) is 0 Å². The van der Waals surface area contributed by atoms with Crippen molar-refractivity contribution < 1.29 is 4.74 Å². The Morgan fingerprint density at radius 3 is 2.72 bits per heavy atom. The van der Waals surface area contributed by atoms with E-state index in [4.69, 9.17) is 16.3 Å². The Kier molecular flexibility index (Phi) is 6.63. The monoisotopic (exact) mass is 274 g/mol. The van der Waals surface area contributed by atoms with Crippen LogP contribution >= 0.6 is 11.6 Å². The molecule has 1 aromatic rings. The Labute approximate surface area is 114 Å². The molecule has 0 amide bonds. The number of nitrogens with zero attached hydrogens (tertiary/aromatic N) is 3. The fraction of sp³-hybridized carbons (Fsp3) is 0.750. The first-order valence-corrected chi connectivity index (χ1v) is 6.50. The van der Waals surface area contributed by atoms with Gasteiger partial charge >= 0.3 is 0 Å². The summed E-state index contributed by atoms with van der Waals surface area (Å²) in [6.07, 6.45) is 0. The summed E-state index contributed by atoms with van der Waals surface area (Å²) in [5, 5.41) is 8.40. The maximum Gasteiger partial charge on any atom is 0.0860 e. The minimum absolute atomic E-state index is 0.746. The number of nitrogens with one attached hydrogen (secondary N) is 1. The molecule has 0 radical (unpaired) electrons. The lowest BCUT2D eigenvalue weighted by atomic mass is 10.3. The molecule has 0 saturated heterocycles. The second-order valence-corrected chi connectivity index (χ2v) is 4.83. The fourth-order valence-electron chi connectivity index (χ4n) is 1.76. The van der Waals surface area contributed by atoms with Crippen molar-refractivity contribution in [2.45, 2.75) is 13.5 Å². The lowest BCUT2D eigenvalue weighted by molar-refractivity contribution is 0.197. The van der Waals surface area contributed by atoms with Crippen LogP contribution in [0.5, 0.6) is 0 Å². The molecule has 1 heterocycles. The van der Waals surface area contributed by atoms with Crippen molar-refractivity contribution in [3.63, 3.8) is 0 Å². The van der Waals surface area contributed by atoms with Gasteiger partial charge in [0.25, 0.3) is 0 Å². The molecule has 1 aromatic heterocycles. The highest BCUT2D eigenvalue weighted by atomic mass is 35.5. The fourth-order valence-corrected chi connectivity index (χ4v) is 1.98. The predicted octanol–water partition coefficient (Wildman–Crippen LogP) is 1.05. The smallest absolute Gasteiger partial charge is 0.0860 e. The number of hydrogen-bond donors (Lipinski definition) is 1. The molecule has 0 spiro atoms. The Morgan fingerprint density at radius 1 is 1.44 bits per heavy atom. The summed E-state index contributed by atoms with van der Waals surface area (Å²) in [4.78, 5) is 2.22. The first-order chi connectivity index (χ1) is 8.56. The van der Waals surface area contributed by atoms with Crippen molar-refractivity contribution >= 4 is 11.6 Å². The van der Waals surface area contributed by atoms with E-state index in [2.05, 4.69) is 22.4 Å². The molecule has 0 fully saturated rings. The molecule has 0 saturated carbocycles. The Balaban J connectivity index is 2.33. The highest BCUT2D eigenvalue weighted by Crippen LogP contribution is 2.20. The van der Waals surface area contributed by atoms with E-state index < -0.39 is 0 Å². The third kappa shape index (κ3) is 4.57. The van der Waals surface area contributed by atoms with E-state index in [1.807, 2.05) is 18.7 Å². The molecular weight excluding hydrogens is 252 g/mol. The molecule has 0 aliphatic rings. The molecule has 18 heavy (non-hydrogen) atoms. The van der Waals surface area contributed by atoms with Gasteiger partial charge in [-0.2, -0.15) is 5.10 Å². The van der Waals surface area contributed by atoms with Crippen LogP contribution in [0.1, 0.15) is 11.4 Å². The van der Waals surface area contributed by atoms with Crippen LogP contribution in [0.2, 0.25) is 5.02 Å². The summed E-state index contributed by atoms with van der Waals surface area (Å²) in [5.41, 5.74) is 1.95. The highest BCUT2D eigenvalue weighted by Gasteiger charge is 2.12. The van der Waals surface area contributed by atoms with Gasteiger partial charge in [-0.15, -0.1) is 0 Å². The molecule has 0 bridgehead atoms. The number of ether oxygens (including phenoxy) is 1. The molecule has 5 nitrogen and oxygen atoms in total. The van der Waals surface area contributed by atoms with Gasteiger partial charge in [-0.3, -0.25) is 9.58 Å². The number of aryl methyl sites for hydroxylation is 2. The van der Waals surface area contributed by atoms with Crippen LogP contribution in [-0.2, 0) is 18.3 Å². The Bertz CT molecular complexity index is 367. The van der Waals surface area contributed by atoms with Crippen LogP contribution in [-0.4, -0.2) is 55.1 Å². The van der Waals surface area contributed by atoms with Crippen LogP contribution in [0, 0.1) is 6.92 Å². The minimum atomic E-state index is 0.746. The number of likely N-dealkylation sites (N-methyl/N-ethyl adjacent to an activating group) is 1. The van der Waals surface area contributed by atoms with Crippen molar-refractivity contribution in [2.75, 3.05) is 40.4 Å². The van der Waals surface area contributed by atoms with Crippen LogP contribution in [0.3, 0.4) is 0 Å². The van der Waals surface area contributed by atoms with E-state index in [0.717, 1.165) is 49.2 Å². The zero-order valence-electron chi connectivity index (χ0n) is 11.7. The Morgan fingerprint density at radius 2 is 2.17 bits per heavy atom. The molecule has 0 aromatic carbocycles. The first kappa shape index (κ1) is 15.4. The lowest BCUT2D eigenvalue weighted by Crippen LogP contribution is -2.31. The Hall–Kier alpha value is -0.620. The maximum absolute atomic E-state index is 6.22. The molecule has 0 unspecified atom stereocenters. The largest absolute Gasteiger partial charge is 0.383 e. The molecular formula is C12H23ClN4O. The number of methoxy groups -OCH3 is 1. The molecule has 104 valence electrons. The van der Waals surface area contributed by atoms with Gasteiger partial charge in [-0.05, 0) is 14.0 Å². The summed E-state index contributed by atoms with van der Waals surface area (Å²) < 4.78 is 6.83. The zero-order valence-corrected chi connectivity index (χ0v) is 12.4. The topological polar surface area (TPSA) is 42.3 Å². The van der Waals surface area contributed by atoms with Gasteiger partial charge in [0, 0.05) is 40.3 Å². The summed E-state index contributed by atoms with van der Waals surface area (Å²) >= 11 is 6.22. The number of rotatable bonds is 8. The maximum atomic E-state index is 6.22. The van der Waals surface area contributed by atoms with E-state index in [1.165, 1.54) is 0 Å². The van der Waals surface area contributed by atoms with Gasteiger partial charge in [-0.1, -0.05) is 11.6 Å². The van der Waals surface area contributed by atoms with Gasteiger partial charge in [-0.25, -0.2) is 0 Å². The van der Waals surface area contributed by atoms with Crippen molar-refractivity contribution in [3.05, 3.63) is 16.4 Å². The minimum Gasteiger partial charge on any atom is -0.383 e. The predicted molar refractivity (Wildman–Crippen MR) is 74.0 cm³/mol. The quantitative estimate of drug-likeness (QED) is 0.720. The van der Waals surface area contributed by atoms with Crippen molar-refractivity contribution in [3.8, 4) is 0 Å². The highest BCUT2D eigenvalue weighted by molar-refractivity contribution is 6.31. The van der Waals surface area contributed by atoms with Gasteiger partial charge < -0.3 is 10.1 Å². The lowest BCUT2D eigenvalue weighted by Gasteiger charge is -2.17.